The van der Waals surface area contributed by atoms with Crippen molar-refractivity contribution in [2.24, 2.45) is 5.92 Å². The average molecular weight is 275 g/mol. The van der Waals surface area contributed by atoms with Crippen molar-refractivity contribution in [3.05, 3.63) is 29.6 Å². The highest BCUT2D eigenvalue weighted by molar-refractivity contribution is 7.92. The first-order valence-corrected chi connectivity index (χ1v) is 6.90. The number of anilines is 1. The van der Waals surface area contributed by atoms with E-state index in [0.29, 0.717) is 0 Å². The number of sulfonamides is 1. The van der Waals surface area contributed by atoms with Crippen LogP contribution in [0, 0.1) is 11.7 Å². The summed E-state index contributed by atoms with van der Waals surface area (Å²) in [7, 11) is -3.69. The van der Waals surface area contributed by atoms with E-state index in [0.717, 1.165) is 18.2 Å². The topological polar surface area (TPSA) is 83.5 Å². The third kappa shape index (κ3) is 3.99. The molecule has 0 saturated carbocycles. The third-order valence-electron chi connectivity index (χ3n) is 2.03. The van der Waals surface area contributed by atoms with Crippen LogP contribution in [0.3, 0.4) is 0 Å². The van der Waals surface area contributed by atoms with Crippen molar-refractivity contribution in [1.82, 2.24) is 0 Å². The second kappa shape index (κ2) is 5.34. The summed E-state index contributed by atoms with van der Waals surface area (Å²) in [5.74, 6) is -2.31. The number of carbonyl (C=O) groups is 1. The Labute approximate surface area is 105 Å². The SMILES string of the molecule is CC(C)CS(=O)(=O)Nc1cc(F)ccc1C(=O)O. The summed E-state index contributed by atoms with van der Waals surface area (Å²) in [4.78, 5) is 10.9. The summed E-state index contributed by atoms with van der Waals surface area (Å²) in [6.45, 7) is 3.42. The minimum Gasteiger partial charge on any atom is -0.478 e. The maximum atomic E-state index is 13.0. The molecule has 2 N–H and O–H groups in total. The van der Waals surface area contributed by atoms with E-state index in [4.69, 9.17) is 5.11 Å². The van der Waals surface area contributed by atoms with Gasteiger partial charge in [-0.2, -0.15) is 0 Å². The van der Waals surface area contributed by atoms with Crippen molar-refractivity contribution >= 4 is 21.7 Å². The molecule has 0 atom stereocenters. The molecule has 0 bridgehead atoms. The highest BCUT2D eigenvalue weighted by atomic mass is 32.2. The summed E-state index contributed by atoms with van der Waals surface area (Å²) < 4.78 is 38.5. The lowest BCUT2D eigenvalue weighted by Crippen LogP contribution is -2.21. The zero-order valence-electron chi connectivity index (χ0n) is 9.97. The fraction of sp³-hybridized carbons (Fsp3) is 0.364. The van der Waals surface area contributed by atoms with Gasteiger partial charge in [-0.05, 0) is 24.1 Å². The van der Waals surface area contributed by atoms with Gasteiger partial charge in [-0.25, -0.2) is 17.6 Å². The van der Waals surface area contributed by atoms with Crippen molar-refractivity contribution in [3.63, 3.8) is 0 Å². The molecule has 0 fully saturated rings. The molecule has 0 aliphatic carbocycles. The number of carboxylic acid groups (broad SMARTS) is 1. The van der Waals surface area contributed by atoms with Gasteiger partial charge in [-0.3, -0.25) is 4.72 Å². The molecule has 0 saturated heterocycles. The summed E-state index contributed by atoms with van der Waals surface area (Å²) >= 11 is 0. The van der Waals surface area contributed by atoms with Crippen molar-refractivity contribution in [2.75, 3.05) is 10.5 Å². The number of benzene rings is 1. The van der Waals surface area contributed by atoms with Crippen LogP contribution < -0.4 is 4.72 Å². The van der Waals surface area contributed by atoms with Gasteiger partial charge in [0.1, 0.15) is 5.82 Å². The Kier molecular flexibility index (Phi) is 4.28. The normalized spacial score (nSPS) is 11.6. The van der Waals surface area contributed by atoms with Gasteiger partial charge in [0.15, 0.2) is 0 Å². The molecule has 0 unspecified atom stereocenters. The van der Waals surface area contributed by atoms with Gasteiger partial charge in [-0.1, -0.05) is 13.8 Å². The summed E-state index contributed by atoms with van der Waals surface area (Å²) in [5, 5.41) is 8.88. The van der Waals surface area contributed by atoms with Gasteiger partial charge in [0, 0.05) is 0 Å². The Bertz CT molecular complexity index is 554. The van der Waals surface area contributed by atoms with Crippen LogP contribution in [0.25, 0.3) is 0 Å². The Morgan fingerprint density at radius 1 is 1.44 bits per heavy atom. The minimum atomic E-state index is -3.69. The number of hydrogen-bond donors (Lipinski definition) is 2. The smallest absolute Gasteiger partial charge is 0.337 e. The molecule has 0 spiro atoms. The zero-order chi connectivity index (χ0) is 13.9. The zero-order valence-corrected chi connectivity index (χ0v) is 10.8. The third-order valence-corrected chi connectivity index (χ3v) is 3.67. The maximum Gasteiger partial charge on any atom is 0.337 e. The molecule has 0 aliphatic rings. The van der Waals surface area contributed by atoms with E-state index >= 15 is 0 Å². The summed E-state index contributed by atoms with van der Waals surface area (Å²) in [6.07, 6.45) is 0. The fourth-order valence-corrected chi connectivity index (χ4v) is 2.90. The number of hydrogen-bond acceptors (Lipinski definition) is 3. The molecule has 0 aromatic heterocycles. The molecule has 0 heterocycles. The number of aromatic carboxylic acids is 1. The lowest BCUT2D eigenvalue weighted by Gasteiger charge is -2.12. The van der Waals surface area contributed by atoms with E-state index < -0.39 is 21.8 Å². The fourth-order valence-electron chi connectivity index (χ4n) is 1.44. The number of nitrogens with one attached hydrogen (secondary N) is 1. The first-order valence-electron chi connectivity index (χ1n) is 5.24. The highest BCUT2D eigenvalue weighted by Crippen LogP contribution is 2.19. The lowest BCUT2D eigenvalue weighted by atomic mass is 10.2. The van der Waals surface area contributed by atoms with Crippen LogP contribution in [0.5, 0.6) is 0 Å². The largest absolute Gasteiger partial charge is 0.478 e. The molecule has 0 amide bonds. The van der Waals surface area contributed by atoms with Crippen molar-refractivity contribution < 1.29 is 22.7 Å². The molecular weight excluding hydrogens is 261 g/mol. The molecule has 5 nitrogen and oxygen atoms in total. The first-order chi connectivity index (χ1) is 8.21. The van der Waals surface area contributed by atoms with E-state index in [-0.39, 0.29) is 22.9 Å². The van der Waals surface area contributed by atoms with E-state index in [1.165, 1.54) is 0 Å². The molecule has 7 heteroatoms. The van der Waals surface area contributed by atoms with Crippen LogP contribution in [0.4, 0.5) is 10.1 Å². The van der Waals surface area contributed by atoms with Crippen LogP contribution in [-0.2, 0) is 10.0 Å². The molecule has 0 radical (unpaired) electrons. The molecule has 18 heavy (non-hydrogen) atoms. The van der Waals surface area contributed by atoms with Gasteiger partial charge in [0.25, 0.3) is 0 Å². The first kappa shape index (κ1) is 14.4. The number of rotatable bonds is 5. The van der Waals surface area contributed by atoms with Crippen LogP contribution in [0.2, 0.25) is 0 Å². The van der Waals surface area contributed by atoms with E-state index in [1.807, 2.05) is 0 Å². The minimum absolute atomic E-state index is 0.121. The van der Waals surface area contributed by atoms with E-state index in [2.05, 4.69) is 4.72 Å². The quantitative estimate of drug-likeness (QED) is 0.860. The molecular formula is C11H14FNO4S. The number of carboxylic acids is 1. The monoisotopic (exact) mass is 275 g/mol. The molecule has 1 aromatic rings. The van der Waals surface area contributed by atoms with E-state index in [9.17, 15) is 17.6 Å². The van der Waals surface area contributed by atoms with Crippen molar-refractivity contribution in [3.8, 4) is 0 Å². The van der Waals surface area contributed by atoms with Gasteiger partial charge in [0.05, 0.1) is 17.0 Å². The van der Waals surface area contributed by atoms with Crippen LogP contribution >= 0.6 is 0 Å². The summed E-state index contributed by atoms with van der Waals surface area (Å²) in [6, 6.07) is 2.83. The van der Waals surface area contributed by atoms with Gasteiger partial charge >= 0.3 is 5.97 Å². The van der Waals surface area contributed by atoms with Gasteiger partial charge in [0.2, 0.25) is 10.0 Å². The Morgan fingerprint density at radius 2 is 2.06 bits per heavy atom. The van der Waals surface area contributed by atoms with Crippen LogP contribution in [0.1, 0.15) is 24.2 Å². The van der Waals surface area contributed by atoms with Crippen LogP contribution in [0.15, 0.2) is 18.2 Å². The standard InChI is InChI=1S/C11H14FNO4S/c1-7(2)6-18(16,17)13-10-5-8(12)3-4-9(10)11(14)15/h3-5,7,13H,6H2,1-2H3,(H,14,15). The maximum absolute atomic E-state index is 13.0. The Morgan fingerprint density at radius 3 is 2.56 bits per heavy atom. The lowest BCUT2D eigenvalue weighted by molar-refractivity contribution is 0.0698. The van der Waals surface area contributed by atoms with Crippen LogP contribution in [-0.4, -0.2) is 25.2 Å². The summed E-state index contributed by atoms with van der Waals surface area (Å²) in [5.41, 5.74) is -0.549. The van der Waals surface area contributed by atoms with Gasteiger partial charge < -0.3 is 5.11 Å². The van der Waals surface area contributed by atoms with Crippen molar-refractivity contribution in [1.29, 1.82) is 0 Å². The molecule has 1 aromatic carbocycles. The second-order valence-corrected chi connectivity index (χ2v) is 6.04. The Balaban J connectivity index is 3.10. The second-order valence-electron chi connectivity index (χ2n) is 4.27. The van der Waals surface area contributed by atoms with Gasteiger partial charge in [-0.15, -0.1) is 0 Å². The average Bonchev–Trinajstić information content (AvgIpc) is 2.13. The Hall–Kier alpha value is -1.63. The molecule has 0 aliphatic heterocycles. The predicted molar refractivity (Wildman–Crippen MR) is 65.6 cm³/mol. The molecule has 100 valence electrons. The van der Waals surface area contributed by atoms with E-state index in [1.54, 1.807) is 13.8 Å². The van der Waals surface area contributed by atoms with Crippen molar-refractivity contribution in [2.45, 2.75) is 13.8 Å². The predicted octanol–water partition coefficient (Wildman–Crippen LogP) is 1.92. The number of halogens is 1. The molecule has 1 rings (SSSR count). The highest BCUT2D eigenvalue weighted by Gasteiger charge is 2.18.